The molecular formula is C15H17BO4. The second kappa shape index (κ2) is 4.20. The zero-order chi connectivity index (χ0) is 14.5. The molecule has 0 N–H and O–H groups in total. The second-order valence-corrected chi connectivity index (χ2v) is 6.15. The van der Waals surface area contributed by atoms with Crippen molar-refractivity contribution in [3.63, 3.8) is 0 Å². The molecule has 0 atom stereocenters. The van der Waals surface area contributed by atoms with Crippen molar-refractivity contribution in [2.75, 3.05) is 0 Å². The maximum atomic E-state index is 10.7. The molecular weight excluding hydrogens is 255 g/mol. The fourth-order valence-corrected chi connectivity index (χ4v) is 2.25. The molecule has 1 aliphatic heterocycles. The van der Waals surface area contributed by atoms with Gasteiger partial charge in [0, 0.05) is 5.39 Å². The van der Waals surface area contributed by atoms with Gasteiger partial charge in [-0.05, 0) is 45.3 Å². The molecule has 1 fully saturated rings. The number of carbonyl (C=O) groups is 1. The van der Waals surface area contributed by atoms with Gasteiger partial charge in [0.15, 0.2) is 12.0 Å². The maximum absolute atomic E-state index is 10.7. The second-order valence-electron chi connectivity index (χ2n) is 6.15. The molecule has 1 aromatic heterocycles. The minimum absolute atomic E-state index is 0.325. The van der Waals surface area contributed by atoms with E-state index in [4.69, 9.17) is 13.7 Å². The minimum atomic E-state index is -0.422. The monoisotopic (exact) mass is 272 g/mol. The fourth-order valence-electron chi connectivity index (χ4n) is 2.25. The van der Waals surface area contributed by atoms with E-state index in [0.29, 0.717) is 17.6 Å². The molecule has 4 nitrogen and oxygen atoms in total. The van der Waals surface area contributed by atoms with E-state index in [0.717, 1.165) is 10.8 Å². The average molecular weight is 272 g/mol. The highest BCUT2D eigenvalue weighted by Gasteiger charge is 2.51. The molecule has 0 aliphatic carbocycles. The van der Waals surface area contributed by atoms with Crippen LogP contribution in [0.25, 0.3) is 11.0 Å². The summed E-state index contributed by atoms with van der Waals surface area (Å²) in [7, 11) is -0.422. The minimum Gasteiger partial charge on any atom is -0.453 e. The predicted molar refractivity (Wildman–Crippen MR) is 77.3 cm³/mol. The zero-order valence-electron chi connectivity index (χ0n) is 12.1. The summed E-state index contributed by atoms with van der Waals surface area (Å²) in [5.41, 5.74) is 0.815. The number of hydrogen-bond donors (Lipinski definition) is 0. The van der Waals surface area contributed by atoms with E-state index in [-0.39, 0.29) is 11.2 Å². The van der Waals surface area contributed by atoms with Crippen LogP contribution in [0.4, 0.5) is 0 Å². The molecule has 20 heavy (non-hydrogen) atoms. The molecule has 1 aliphatic rings. The maximum Gasteiger partial charge on any atom is 0.494 e. The summed E-state index contributed by atoms with van der Waals surface area (Å²) in [6.45, 7) is 8.07. The summed E-state index contributed by atoms with van der Waals surface area (Å²) in [5.74, 6) is 0.325. The summed E-state index contributed by atoms with van der Waals surface area (Å²) in [5, 5.41) is 0.896. The number of aldehydes is 1. The molecule has 3 rings (SSSR count). The van der Waals surface area contributed by atoms with Gasteiger partial charge in [-0.25, -0.2) is 0 Å². The van der Waals surface area contributed by atoms with E-state index in [1.165, 1.54) is 0 Å². The van der Waals surface area contributed by atoms with Gasteiger partial charge in [0.1, 0.15) is 5.58 Å². The third-order valence-corrected chi connectivity index (χ3v) is 4.20. The van der Waals surface area contributed by atoms with Crippen LogP contribution in [-0.2, 0) is 9.31 Å². The first-order valence-electron chi connectivity index (χ1n) is 6.67. The van der Waals surface area contributed by atoms with Crippen molar-refractivity contribution < 1.29 is 18.5 Å². The Morgan fingerprint density at radius 1 is 1.05 bits per heavy atom. The van der Waals surface area contributed by atoms with Gasteiger partial charge in [-0.2, -0.15) is 0 Å². The molecule has 1 saturated heterocycles. The van der Waals surface area contributed by atoms with Gasteiger partial charge in [0.25, 0.3) is 0 Å². The van der Waals surface area contributed by atoms with Gasteiger partial charge in [-0.15, -0.1) is 0 Å². The number of carbonyl (C=O) groups excluding carboxylic acids is 1. The summed E-state index contributed by atoms with van der Waals surface area (Å²) < 4.78 is 17.4. The van der Waals surface area contributed by atoms with Crippen LogP contribution in [0, 0.1) is 0 Å². The van der Waals surface area contributed by atoms with E-state index in [1.54, 1.807) is 6.07 Å². The Morgan fingerprint density at radius 2 is 1.70 bits per heavy atom. The lowest BCUT2D eigenvalue weighted by Crippen LogP contribution is -2.41. The lowest BCUT2D eigenvalue weighted by Gasteiger charge is -2.32. The Bertz CT molecular complexity index is 656. The molecule has 0 unspecified atom stereocenters. The van der Waals surface area contributed by atoms with Gasteiger partial charge < -0.3 is 13.7 Å². The summed E-state index contributed by atoms with van der Waals surface area (Å²) >= 11 is 0. The largest absolute Gasteiger partial charge is 0.494 e. The zero-order valence-corrected chi connectivity index (χ0v) is 12.1. The van der Waals surface area contributed by atoms with Gasteiger partial charge in [-0.3, -0.25) is 4.79 Å². The first-order chi connectivity index (χ1) is 9.32. The fraction of sp³-hybridized carbons (Fsp3) is 0.400. The third-order valence-electron chi connectivity index (χ3n) is 4.20. The first kappa shape index (κ1) is 13.4. The lowest BCUT2D eigenvalue weighted by atomic mass is 9.79. The number of rotatable bonds is 2. The van der Waals surface area contributed by atoms with Gasteiger partial charge in [0.05, 0.1) is 11.2 Å². The van der Waals surface area contributed by atoms with Crippen LogP contribution in [0.5, 0.6) is 0 Å². The van der Waals surface area contributed by atoms with Crippen LogP contribution in [0.1, 0.15) is 38.2 Å². The third kappa shape index (κ3) is 1.98. The van der Waals surface area contributed by atoms with Crippen LogP contribution < -0.4 is 5.46 Å². The molecule has 0 saturated carbocycles. The molecule has 5 heteroatoms. The first-order valence-corrected chi connectivity index (χ1v) is 6.67. The van der Waals surface area contributed by atoms with Crippen molar-refractivity contribution in [2.45, 2.75) is 38.9 Å². The lowest BCUT2D eigenvalue weighted by molar-refractivity contribution is 0.00578. The smallest absolute Gasteiger partial charge is 0.453 e. The van der Waals surface area contributed by atoms with Crippen molar-refractivity contribution in [3.05, 3.63) is 30.0 Å². The van der Waals surface area contributed by atoms with E-state index >= 15 is 0 Å². The standard InChI is InChI=1S/C15H17BO4/c1-14(2)15(3,4)20-16(19-14)11-6-5-10-7-12(9-17)18-13(10)8-11/h5-9H,1-4H3. The normalized spacial score (nSPS) is 20.5. The SMILES string of the molecule is CC1(C)OB(c2ccc3cc(C=O)oc3c2)OC1(C)C. The van der Waals surface area contributed by atoms with Crippen LogP contribution in [0.15, 0.2) is 28.7 Å². The van der Waals surface area contributed by atoms with E-state index < -0.39 is 7.12 Å². The van der Waals surface area contributed by atoms with Crippen LogP contribution in [-0.4, -0.2) is 24.6 Å². The van der Waals surface area contributed by atoms with Crippen molar-refractivity contribution in [3.8, 4) is 0 Å². The number of furan rings is 1. The average Bonchev–Trinajstić information content (AvgIpc) is 2.87. The van der Waals surface area contributed by atoms with Crippen LogP contribution in [0.2, 0.25) is 0 Å². The van der Waals surface area contributed by atoms with Gasteiger partial charge in [-0.1, -0.05) is 12.1 Å². The molecule has 0 bridgehead atoms. The molecule has 0 radical (unpaired) electrons. The van der Waals surface area contributed by atoms with Crippen molar-refractivity contribution in [1.82, 2.24) is 0 Å². The Labute approximate surface area is 118 Å². The van der Waals surface area contributed by atoms with Crippen molar-refractivity contribution in [2.24, 2.45) is 0 Å². The number of fused-ring (bicyclic) bond motifs is 1. The van der Waals surface area contributed by atoms with Crippen molar-refractivity contribution >= 4 is 29.8 Å². The Morgan fingerprint density at radius 3 is 2.30 bits per heavy atom. The van der Waals surface area contributed by atoms with E-state index in [1.807, 2.05) is 45.9 Å². The predicted octanol–water partition coefficient (Wildman–Crippen LogP) is 2.54. The van der Waals surface area contributed by atoms with Gasteiger partial charge in [0.2, 0.25) is 0 Å². The van der Waals surface area contributed by atoms with Crippen molar-refractivity contribution in [1.29, 1.82) is 0 Å². The Kier molecular flexibility index (Phi) is 2.82. The molecule has 2 aromatic rings. The molecule has 104 valence electrons. The molecule has 2 heterocycles. The van der Waals surface area contributed by atoms with E-state index in [2.05, 4.69) is 0 Å². The van der Waals surface area contributed by atoms with Crippen LogP contribution in [0.3, 0.4) is 0 Å². The summed E-state index contributed by atoms with van der Waals surface area (Å²) in [6.07, 6.45) is 0.703. The molecule has 0 spiro atoms. The molecule has 1 aromatic carbocycles. The summed E-state index contributed by atoms with van der Waals surface area (Å²) in [4.78, 5) is 10.7. The van der Waals surface area contributed by atoms with Gasteiger partial charge >= 0.3 is 7.12 Å². The highest BCUT2D eigenvalue weighted by Crippen LogP contribution is 2.36. The Hall–Kier alpha value is -1.59. The van der Waals surface area contributed by atoms with Crippen LogP contribution >= 0.6 is 0 Å². The topological polar surface area (TPSA) is 48.7 Å². The highest BCUT2D eigenvalue weighted by molar-refractivity contribution is 6.62. The number of benzene rings is 1. The Balaban J connectivity index is 1.97. The van der Waals surface area contributed by atoms with E-state index in [9.17, 15) is 4.79 Å². The highest BCUT2D eigenvalue weighted by atomic mass is 16.7. The quantitative estimate of drug-likeness (QED) is 0.622. The molecule has 0 amide bonds. The summed E-state index contributed by atoms with van der Waals surface area (Å²) in [6, 6.07) is 7.43. The number of hydrogen-bond acceptors (Lipinski definition) is 4.